The molecule has 1 atom stereocenters. The maximum atomic E-state index is 11.7. The van der Waals surface area contributed by atoms with Gasteiger partial charge >= 0.3 is 0 Å². The molecule has 0 spiro atoms. The summed E-state index contributed by atoms with van der Waals surface area (Å²) in [6.07, 6.45) is 3.17. The second kappa shape index (κ2) is 5.57. The molecular weight excluding hydrogens is 228 g/mol. The number of aliphatic hydroxyl groups excluding tert-OH is 1. The molecule has 0 fully saturated rings. The summed E-state index contributed by atoms with van der Waals surface area (Å²) in [5, 5.41) is 12.8. The molecule has 0 aliphatic carbocycles. The minimum atomic E-state index is -0.475. The fourth-order valence-corrected chi connectivity index (χ4v) is 1.74. The minimum absolute atomic E-state index is 0.0244. The van der Waals surface area contributed by atoms with E-state index in [1.165, 1.54) is 0 Å². The number of carbonyl (C=O) groups excluding carboxylic acids is 1. The van der Waals surface area contributed by atoms with Crippen LogP contribution in [0.25, 0.3) is 0 Å². The van der Waals surface area contributed by atoms with Gasteiger partial charge in [-0.2, -0.15) is 0 Å². The quantitative estimate of drug-likeness (QED) is 0.862. The molecule has 4 heteroatoms. The number of amides is 1. The Morgan fingerprint density at radius 2 is 2.06 bits per heavy atom. The monoisotopic (exact) mass is 252 g/mol. The van der Waals surface area contributed by atoms with Crippen molar-refractivity contribution >= 4 is 5.91 Å². The summed E-state index contributed by atoms with van der Waals surface area (Å²) in [5.74, 6) is 0.146. The number of rotatable bonds is 4. The van der Waals surface area contributed by atoms with Gasteiger partial charge in [-0.3, -0.25) is 4.79 Å². The van der Waals surface area contributed by atoms with Crippen LogP contribution in [0.1, 0.15) is 46.3 Å². The fourth-order valence-electron chi connectivity index (χ4n) is 1.74. The third-order valence-corrected chi connectivity index (χ3v) is 2.59. The normalized spacial score (nSPS) is 13.7. The predicted octanol–water partition coefficient (Wildman–Crippen LogP) is 2.09. The van der Waals surface area contributed by atoms with Gasteiger partial charge in [0.1, 0.15) is 6.54 Å². The van der Waals surface area contributed by atoms with E-state index in [1.807, 2.05) is 53.1 Å². The van der Waals surface area contributed by atoms with Crippen LogP contribution in [0, 0.1) is 5.92 Å². The van der Waals surface area contributed by atoms with Crippen LogP contribution in [0.5, 0.6) is 0 Å². The number of aliphatic hydroxyl groups is 1. The number of hydrogen-bond donors (Lipinski definition) is 2. The molecule has 1 amide bonds. The smallest absolute Gasteiger partial charge is 0.240 e. The van der Waals surface area contributed by atoms with Gasteiger partial charge in [0, 0.05) is 17.9 Å². The van der Waals surface area contributed by atoms with Gasteiger partial charge < -0.3 is 15.0 Å². The zero-order valence-electron chi connectivity index (χ0n) is 11.9. The van der Waals surface area contributed by atoms with Crippen molar-refractivity contribution in [1.29, 1.82) is 0 Å². The first kappa shape index (κ1) is 14.8. The van der Waals surface area contributed by atoms with E-state index < -0.39 is 6.10 Å². The van der Waals surface area contributed by atoms with Crippen LogP contribution in [-0.4, -0.2) is 21.1 Å². The summed E-state index contributed by atoms with van der Waals surface area (Å²) in [4.78, 5) is 11.7. The van der Waals surface area contributed by atoms with E-state index in [0.717, 1.165) is 5.56 Å². The Labute approximate surface area is 109 Å². The topological polar surface area (TPSA) is 54.3 Å². The molecule has 0 aliphatic rings. The molecule has 0 bridgehead atoms. The molecule has 0 aromatic carbocycles. The molecule has 0 radical (unpaired) electrons. The molecule has 2 N–H and O–H groups in total. The standard InChI is InChI=1S/C14H24N2O2/c1-10(2)13(18)11-6-7-16(8-11)9-12(17)15-14(3,4)5/h6-8,10,13,18H,9H2,1-5H3,(H,15,17). The Bertz CT molecular complexity index is 402. The van der Waals surface area contributed by atoms with E-state index in [9.17, 15) is 9.90 Å². The van der Waals surface area contributed by atoms with E-state index in [2.05, 4.69) is 5.32 Å². The number of carbonyl (C=O) groups is 1. The van der Waals surface area contributed by atoms with Crippen molar-refractivity contribution < 1.29 is 9.90 Å². The van der Waals surface area contributed by atoms with Crippen LogP contribution in [0.4, 0.5) is 0 Å². The Hall–Kier alpha value is -1.29. The second-order valence-corrected chi connectivity index (χ2v) is 6.10. The third kappa shape index (κ3) is 4.53. The molecule has 0 saturated carbocycles. The van der Waals surface area contributed by atoms with E-state index in [0.29, 0.717) is 0 Å². The molecule has 1 unspecified atom stereocenters. The van der Waals surface area contributed by atoms with Crippen molar-refractivity contribution in [1.82, 2.24) is 9.88 Å². The van der Waals surface area contributed by atoms with E-state index in [-0.39, 0.29) is 23.9 Å². The van der Waals surface area contributed by atoms with Gasteiger partial charge in [0.2, 0.25) is 5.91 Å². The van der Waals surface area contributed by atoms with Crippen LogP contribution in [0.3, 0.4) is 0 Å². The highest BCUT2D eigenvalue weighted by atomic mass is 16.3. The molecule has 0 saturated heterocycles. The molecular formula is C14H24N2O2. The highest BCUT2D eigenvalue weighted by Crippen LogP contribution is 2.21. The van der Waals surface area contributed by atoms with E-state index in [4.69, 9.17) is 0 Å². The summed E-state index contributed by atoms with van der Waals surface area (Å²) in [5.41, 5.74) is 0.637. The van der Waals surface area contributed by atoms with Gasteiger partial charge in [0.15, 0.2) is 0 Å². The summed E-state index contributed by atoms with van der Waals surface area (Å²) in [6.45, 7) is 10.1. The third-order valence-electron chi connectivity index (χ3n) is 2.59. The van der Waals surface area contributed by atoms with Crippen molar-refractivity contribution in [3.05, 3.63) is 24.0 Å². The SMILES string of the molecule is CC(C)C(O)c1ccn(CC(=O)NC(C)(C)C)c1. The Kier molecular flexibility index (Phi) is 4.57. The molecule has 18 heavy (non-hydrogen) atoms. The molecule has 102 valence electrons. The highest BCUT2D eigenvalue weighted by Gasteiger charge is 2.16. The van der Waals surface area contributed by atoms with Gasteiger partial charge in [-0.05, 0) is 38.3 Å². The first-order chi connectivity index (χ1) is 8.19. The molecule has 1 aromatic heterocycles. The lowest BCUT2D eigenvalue weighted by atomic mass is 10.0. The predicted molar refractivity (Wildman–Crippen MR) is 72.1 cm³/mol. The van der Waals surface area contributed by atoms with E-state index in [1.54, 1.807) is 4.57 Å². The minimum Gasteiger partial charge on any atom is -0.388 e. The van der Waals surface area contributed by atoms with Crippen molar-refractivity contribution in [2.75, 3.05) is 0 Å². The average molecular weight is 252 g/mol. The zero-order chi connectivity index (χ0) is 13.9. The Morgan fingerprint density at radius 3 is 2.56 bits per heavy atom. The van der Waals surface area contributed by atoms with Gasteiger partial charge in [0.05, 0.1) is 6.10 Å². The molecule has 0 aliphatic heterocycles. The maximum Gasteiger partial charge on any atom is 0.240 e. The molecule has 1 heterocycles. The maximum absolute atomic E-state index is 11.7. The molecule has 4 nitrogen and oxygen atoms in total. The molecule has 1 aromatic rings. The van der Waals surface area contributed by atoms with Crippen LogP contribution >= 0.6 is 0 Å². The zero-order valence-corrected chi connectivity index (χ0v) is 11.9. The summed E-state index contributed by atoms with van der Waals surface area (Å²) in [7, 11) is 0. The molecule has 1 rings (SSSR count). The fraction of sp³-hybridized carbons (Fsp3) is 0.643. The van der Waals surface area contributed by atoms with Gasteiger partial charge in [-0.25, -0.2) is 0 Å². The lowest BCUT2D eigenvalue weighted by Gasteiger charge is -2.20. The highest BCUT2D eigenvalue weighted by molar-refractivity contribution is 5.76. The largest absolute Gasteiger partial charge is 0.388 e. The number of aromatic nitrogens is 1. The van der Waals surface area contributed by atoms with Crippen LogP contribution < -0.4 is 5.32 Å². The summed E-state index contributed by atoms with van der Waals surface area (Å²) in [6, 6.07) is 1.86. The van der Waals surface area contributed by atoms with Crippen molar-refractivity contribution in [3.8, 4) is 0 Å². The van der Waals surface area contributed by atoms with Crippen LogP contribution in [0.2, 0.25) is 0 Å². The Morgan fingerprint density at radius 1 is 1.44 bits per heavy atom. The van der Waals surface area contributed by atoms with Crippen LogP contribution in [-0.2, 0) is 11.3 Å². The number of nitrogens with zero attached hydrogens (tertiary/aromatic N) is 1. The first-order valence-electron chi connectivity index (χ1n) is 6.34. The summed E-state index contributed by atoms with van der Waals surface area (Å²) < 4.78 is 1.79. The lowest BCUT2D eigenvalue weighted by molar-refractivity contribution is -0.123. The van der Waals surface area contributed by atoms with Crippen molar-refractivity contribution in [3.63, 3.8) is 0 Å². The van der Waals surface area contributed by atoms with Crippen LogP contribution in [0.15, 0.2) is 18.5 Å². The van der Waals surface area contributed by atoms with Crippen molar-refractivity contribution in [2.45, 2.75) is 52.8 Å². The average Bonchev–Trinajstić information content (AvgIpc) is 2.61. The van der Waals surface area contributed by atoms with Crippen molar-refractivity contribution in [2.24, 2.45) is 5.92 Å². The Balaban J connectivity index is 2.62. The number of nitrogens with one attached hydrogen (secondary N) is 1. The van der Waals surface area contributed by atoms with E-state index >= 15 is 0 Å². The van der Waals surface area contributed by atoms with Gasteiger partial charge in [-0.15, -0.1) is 0 Å². The van der Waals surface area contributed by atoms with Gasteiger partial charge in [-0.1, -0.05) is 13.8 Å². The second-order valence-electron chi connectivity index (χ2n) is 6.10. The lowest BCUT2D eigenvalue weighted by Crippen LogP contribution is -2.42. The summed E-state index contributed by atoms with van der Waals surface area (Å²) >= 11 is 0. The first-order valence-corrected chi connectivity index (χ1v) is 6.34. The van der Waals surface area contributed by atoms with Gasteiger partial charge in [0.25, 0.3) is 0 Å². The number of hydrogen-bond acceptors (Lipinski definition) is 2.